The fraction of sp³-hybridized carbons (Fsp3) is 0.364. The number of carbonyl (C=O) groups is 2. The number of rotatable bonds is 5. The minimum atomic E-state index is -0.646. The number of hydrogen-bond donors (Lipinski definition) is 3. The number of allylic oxidation sites excluding steroid dienone is 3. The van der Waals surface area contributed by atoms with E-state index in [1.54, 1.807) is 19.2 Å². The van der Waals surface area contributed by atoms with Crippen molar-refractivity contribution in [1.82, 2.24) is 4.98 Å². The number of para-hydroxylation sites is 1. The number of ether oxygens (including phenoxy) is 3. The zero-order valence-corrected chi connectivity index (χ0v) is 29.5. The third kappa shape index (κ3) is 6.23. The standard InChI is InChI=1S/C44H43NO7/c1-50-40-20-26(14-18-38(40)47)11-15-28-21-27(46)22-34-29-16-12-25-13-17-31(33(29)19-25)43(36-23-39(48)41(51-2)24-35(34)36)44-32(8-4-6-10-42(49)52-28)30-7-3-5-9-37(30)45-44/h3,5,7,9,13-14,17-18,20,23-25,28-29,33-34,45,47-48H,8,10-12,15-16,19,21-22H2,1-2H3. The summed E-state index contributed by atoms with van der Waals surface area (Å²) in [7, 11) is 3.06. The first-order valence-corrected chi connectivity index (χ1v) is 18.3. The second-order valence-corrected chi connectivity index (χ2v) is 14.6. The minimum Gasteiger partial charge on any atom is -0.504 e. The van der Waals surface area contributed by atoms with Gasteiger partial charge in [-0.05, 0) is 114 Å². The number of aryl methyl sites for hydroxylation is 1. The van der Waals surface area contributed by atoms with Gasteiger partial charge in [0.05, 0.1) is 19.9 Å². The quantitative estimate of drug-likeness (QED) is 0.143. The van der Waals surface area contributed by atoms with Gasteiger partial charge in [-0.15, -0.1) is 0 Å². The van der Waals surface area contributed by atoms with Crippen molar-refractivity contribution in [3.8, 4) is 34.8 Å². The van der Waals surface area contributed by atoms with Crippen molar-refractivity contribution < 1.29 is 34.0 Å². The first kappa shape index (κ1) is 33.7. The number of methoxy groups -OCH3 is 2. The van der Waals surface area contributed by atoms with Crippen molar-refractivity contribution in [3.05, 3.63) is 100 Å². The number of phenolic OH excluding ortho intramolecular Hbond substituents is 2. The summed E-state index contributed by atoms with van der Waals surface area (Å²) in [4.78, 5) is 31.3. The minimum absolute atomic E-state index is 0.0204. The Morgan fingerprint density at radius 3 is 2.56 bits per heavy atom. The van der Waals surface area contributed by atoms with E-state index < -0.39 is 12.1 Å². The molecule has 1 saturated carbocycles. The van der Waals surface area contributed by atoms with Crippen molar-refractivity contribution in [1.29, 1.82) is 0 Å². The van der Waals surface area contributed by atoms with Crippen LogP contribution in [0.1, 0.15) is 78.8 Å². The summed E-state index contributed by atoms with van der Waals surface area (Å²) >= 11 is 0. The first-order valence-electron chi connectivity index (χ1n) is 18.3. The number of aromatic hydroxyl groups is 2. The molecular weight excluding hydrogens is 654 g/mol. The SMILES string of the molecule is COc1cc(CCC2CC(=O)CC3c4cc(OC)c(O)cc4C(=C4C=CC5CCC3C4C5)c3[nH]c4ccccc4c3CC#CCC(=O)O2)ccc1O. The number of benzene rings is 3. The lowest BCUT2D eigenvalue weighted by Crippen LogP contribution is -2.33. The number of hydrogen-bond acceptors (Lipinski definition) is 7. The number of carbonyl (C=O) groups excluding carboxylic acids is 2. The zero-order valence-electron chi connectivity index (χ0n) is 29.5. The Labute approximate surface area is 303 Å². The molecule has 0 saturated heterocycles. The van der Waals surface area contributed by atoms with Gasteiger partial charge in [-0.3, -0.25) is 9.59 Å². The first-order chi connectivity index (χ1) is 25.3. The molecule has 2 heterocycles. The van der Waals surface area contributed by atoms with Crippen LogP contribution >= 0.6 is 0 Å². The van der Waals surface area contributed by atoms with Gasteiger partial charge in [0.25, 0.3) is 0 Å². The van der Waals surface area contributed by atoms with Gasteiger partial charge in [-0.1, -0.05) is 48.3 Å². The maximum atomic E-state index is 14.3. The third-order valence-electron chi connectivity index (χ3n) is 11.6. The van der Waals surface area contributed by atoms with E-state index in [0.717, 1.165) is 63.7 Å². The highest BCUT2D eigenvalue weighted by atomic mass is 16.5. The second-order valence-electron chi connectivity index (χ2n) is 14.6. The maximum absolute atomic E-state index is 14.3. The van der Waals surface area contributed by atoms with Gasteiger partial charge in [0.15, 0.2) is 23.0 Å². The molecule has 4 aliphatic rings. The highest BCUT2D eigenvalue weighted by Crippen LogP contribution is 2.57. The van der Waals surface area contributed by atoms with E-state index in [4.69, 9.17) is 14.2 Å². The number of ketones is 1. The molecule has 5 atom stereocenters. The van der Waals surface area contributed by atoms with E-state index in [9.17, 15) is 19.8 Å². The molecule has 8 nitrogen and oxygen atoms in total. The van der Waals surface area contributed by atoms with Crippen LogP contribution in [-0.2, 0) is 27.2 Å². The summed E-state index contributed by atoms with van der Waals surface area (Å²) in [5.41, 5.74) is 8.04. The van der Waals surface area contributed by atoms with Crippen LogP contribution < -0.4 is 9.47 Å². The zero-order chi connectivity index (χ0) is 35.9. The molecule has 52 heavy (non-hydrogen) atoms. The van der Waals surface area contributed by atoms with Gasteiger partial charge in [0.1, 0.15) is 18.3 Å². The van der Waals surface area contributed by atoms with E-state index in [2.05, 4.69) is 41.1 Å². The average molecular weight is 698 g/mol. The van der Waals surface area contributed by atoms with Gasteiger partial charge < -0.3 is 29.4 Å². The van der Waals surface area contributed by atoms with Gasteiger partial charge in [0, 0.05) is 35.7 Å². The Kier molecular flexibility index (Phi) is 9.04. The number of aromatic nitrogens is 1. The summed E-state index contributed by atoms with van der Waals surface area (Å²) in [5.74, 6) is 7.50. The number of H-pyrrole nitrogens is 1. The largest absolute Gasteiger partial charge is 0.504 e. The summed E-state index contributed by atoms with van der Waals surface area (Å²) < 4.78 is 17.0. The Hall–Kier alpha value is -5.42. The number of phenols is 2. The molecule has 0 radical (unpaired) electrons. The Balaban J connectivity index is 1.27. The molecule has 1 fully saturated rings. The normalized spacial score (nSPS) is 24.0. The molecule has 1 aromatic heterocycles. The monoisotopic (exact) mass is 697 g/mol. The number of aromatic amines is 1. The van der Waals surface area contributed by atoms with Gasteiger partial charge in [-0.2, -0.15) is 0 Å². The molecule has 3 aliphatic carbocycles. The molecule has 8 rings (SSSR count). The van der Waals surface area contributed by atoms with Crippen molar-refractivity contribution in [2.75, 3.05) is 14.2 Å². The Bertz CT molecular complexity index is 2200. The van der Waals surface area contributed by atoms with Gasteiger partial charge in [-0.25, -0.2) is 0 Å². The van der Waals surface area contributed by atoms with Crippen molar-refractivity contribution >= 4 is 28.2 Å². The molecule has 266 valence electrons. The lowest BCUT2D eigenvalue weighted by Gasteiger charge is -2.42. The summed E-state index contributed by atoms with van der Waals surface area (Å²) in [6.45, 7) is 0. The van der Waals surface area contributed by atoms with E-state index in [0.29, 0.717) is 36.7 Å². The number of esters is 1. The summed E-state index contributed by atoms with van der Waals surface area (Å²) in [6, 6.07) is 17.1. The van der Waals surface area contributed by atoms with Crippen LogP contribution in [0.3, 0.4) is 0 Å². The Morgan fingerprint density at radius 2 is 1.71 bits per heavy atom. The summed E-state index contributed by atoms with van der Waals surface area (Å²) in [6.07, 6.45) is 8.66. The van der Waals surface area contributed by atoms with E-state index >= 15 is 0 Å². The third-order valence-corrected chi connectivity index (χ3v) is 11.6. The maximum Gasteiger partial charge on any atom is 0.318 e. The average Bonchev–Trinajstić information content (AvgIpc) is 3.45. The Morgan fingerprint density at radius 1 is 0.904 bits per heavy atom. The molecule has 4 aromatic rings. The van der Waals surface area contributed by atoms with Crippen LogP contribution in [0, 0.1) is 29.6 Å². The molecule has 1 aliphatic heterocycles. The molecular formula is C44H43NO7. The van der Waals surface area contributed by atoms with Crippen molar-refractivity contribution in [2.24, 2.45) is 17.8 Å². The second kappa shape index (κ2) is 14.0. The lowest BCUT2D eigenvalue weighted by molar-refractivity contribution is -0.149. The lowest BCUT2D eigenvalue weighted by atomic mass is 9.62. The highest BCUT2D eigenvalue weighted by Gasteiger charge is 2.44. The van der Waals surface area contributed by atoms with Crippen LogP contribution in [0.4, 0.5) is 0 Å². The molecule has 5 unspecified atom stereocenters. The highest BCUT2D eigenvalue weighted by molar-refractivity contribution is 5.96. The number of cyclic esters (lactones) is 1. The fourth-order valence-corrected chi connectivity index (χ4v) is 9.17. The van der Waals surface area contributed by atoms with Crippen molar-refractivity contribution in [2.45, 2.75) is 69.8 Å². The van der Waals surface area contributed by atoms with Gasteiger partial charge >= 0.3 is 5.97 Å². The topological polar surface area (TPSA) is 118 Å². The predicted octanol–water partition coefficient (Wildman–Crippen LogP) is 7.94. The molecule has 3 aromatic carbocycles. The number of fused-ring (bicyclic) bond motifs is 6. The molecule has 3 N–H and O–H groups in total. The van der Waals surface area contributed by atoms with E-state index in [-0.39, 0.29) is 54.3 Å². The summed E-state index contributed by atoms with van der Waals surface area (Å²) in [5, 5.41) is 22.5. The smallest absolute Gasteiger partial charge is 0.318 e. The van der Waals surface area contributed by atoms with E-state index in [1.807, 2.05) is 30.3 Å². The van der Waals surface area contributed by atoms with Gasteiger partial charge in [0.2, 0.25) is 0 Å². The van der Waals surface area contributed by atoms with Crippen LogP contribution in [0.25, 0.3) is 16.5 Å². The van der Waals surface area contributed by atoms with Crippen LogP contribution in [0.5, 0.6) is 23.0 Å². The van der Waals surface area contributed by atoms with E-state index in [1.165, 1.54) is 12.7 Å². The molecule has 0 spiro atoms. The van der Waals surface area contributed by atoms with Crippen LogP contribution in [0.2, 0.25) is 0 Å². The number of Topliss-reactive ketones (excluding diaryl/α,β-unsaturated/α-hetero) is 1. The molecule has 8 heteroatoms. The number of nitrogens with one attached hydrogen (secondary N) is 1. The fourth-order valence-electron chi connectivity index (χ4n) is 9.17. The predicted molar refractivity (Wildman–Crippen MR) is 198 cm³/mol. The molecule has 0 amide bonds. The molecule has 4 bridgehead atoms. The van der Waals surface area contributed by atoms with Crippen LogP contribution in [-0.4, -0.2) is 47.3 Å². The van der Waals surface area contributed by atoms with Crippen molar-refractivity contribution in [3.63, 3.8) is 0 Å². The van der Waals surface area contributed by atoms with Crippen LogP contribution in [0.15, 0.2) is 72.3 Å².